The number of amides is 2. The van der Waals surface area contributed by atoms with Crippen LogP contribution in [0.15, 0.2) is 71.6 Å². The van der Waals surface area contributed by atoms with E-state index in [1.807, 2.05) is 20.8 Å². The highest BCUT2D eigenvalue weighted by Gasteiger charge is 2.33. The van der Waals surface area contributed by atoms with Crippen LogP contribution in [-0.2, 0) is 26.2 Å². The van der Waals surface area contributed by atoms with Crippen molar-refractivity contribution >= 4 is 50.7 Å². The average molecular weight is 621 g/mol. The topological polar surface area (TPSA) is 96.0 Å². The maximum Gasteiger partial charge on any atom is 0.264 e. The maximum absolute atomic E-state index is 14.0. The van der Waals surface area contributed by atoms with Gasteiger partial charge in [0.1, 0.15) is 18.3 Å². The summed E-state index contributed by atoms with van der Waals surface area (Å²) in [6, 6.07) is 16.6. The summed E-state index contributed by atoms with van der Waals surface area (Å²) in [5.41, 5.74) is 1.59. The Morgan fingerprint density at radius 1 is 0.951 bits per heavy atom. The molecule has 3 aromatic carbocycles. The number of carbonyl (C=O) groups excluding carboxylic acids is 2. The first-order valence-corrected chi connectivity index (χ1v) is 15.3. The highest BCUT2D eigenvalue weighted by Crippen LogP contribution is 2.29. The lowest BCUT2D eigenvalue weighted by atomic mass is 10.1. The van der Waals surface area contributed by atoms with Gasteiger partial charge in [-0.15, -0.1) is 0 Å². The Labute approximate surface area is 252 Å². The standard InChI is InChI=1S/C30H35Cl2N3O5S/c1-6-21(3)33-30(37)22(4)34(18-26-27(31)8-7-9-28(26)32)29(36)19-35(23-12-14-24(40-5)15-13-23)41(38,39)25-16-10-20(2)11-17-25/h7-17,21-22H,6,18-19H2,1-5H3,(H,33,37)/t21-,22+/m0/s1. The molecule has 3 aromatic rings. The van der Waals surface area contributed by atoms with Crippen molar-refractivity contribution in [2.75, 3.05) is 18.0 Å². The number of carbonyl (C=O) groups is 2. The van der Waals surface area contributed by atoms with E-state index in [0.717, 1.165) is 9.87 Å². The normalized spacial score (nSPS) is 12.8. The van der Waals surface area contributed by atoms with E-state index in [0.29, 0.717) is 27.8 Å². The average Bonchev–Trinajstić information content (AvgIpc) is 2.95. The van der Waals surface area contributed by atoms with Crippen LogP contribution >= 0.6 is 23.2 Å². The van der Waals surface area contributed by atoms with Crippen LogP contribution < -0.4 is 14.4 Å². The van der Waals surface area contributed by atoms with Gasteiger partial charge in [0.25, 0.3) is 10.0 Å². The zero-order valence-electron chi connectivity index (χ0n) is 23.7. The fraction of sp³-hybridized carbons (Fsp3) is 0.333. The first kappa shape index (κ1) is 32.2. The van der Waals surface area contributed by atoms with Gasteiger partial charge in [0, 0.05) is 28.2 Å². The second-order valence-corrected chi connectivity index (χ2v) is 12.4. The van der Waals surface area contributed by atoms with E-state index in [-0.39, 0.29) is 29.1 Å². The van der Waals surface area contributed by atoms with Crippen LogP contribution in [0, 0.1) is 6.92 Å². The quantitative estimate of drug-likeness (QED) is 0.275. The highest BCUT2D eigenvalue weighted by molar-refractivity contribution is 7.92. The minimum Gasteiger partial charge on any atom is -0.497 e. The summed E-state index contributed by atoms with van der Waals surface area (Å²) in [6.07, 6.45) is 0.697. The predicted octanol–water partition coefficient (Wildman–Crippen LogP) is 5.84. The lowest BCUT2D eigenvalue weighted by Gasteiger charge is -2.33. The van der Waals surface area contributed by atoms with Gasteiger partial charge in [0.2, 0.25) is 11.8 Å². The number of benzene rings is 3. The zero-order valence-corrected chi connectivity index (χ0v) is 26.1. The van der Waals surface area contributed by atoms with Crippen molar-refractivity contribution in [2.24, 2.45) is 0 Å². The molecule has 11 heteroatoms. The van der Waals surface area contributed by atoms with Crippen LogP contribution in [0.25, 0.3) is 0 Å². The van der Waals surface area contributed by atoms with Crippen molar-refractivity contribution in [3.8, 4) is 5.75 Å². The molecule has 1 N–H and O–H groups in total. The molecule has 0 saturated carbocycles. The monoisotopic (exact) mass is 619 g/mol. The second kappa shape index (κ2) is 14.1. The summed E-state index contributed by atoms with van der Waals surface area (Å²) in [7, 11) is -2.68. The van der Waals surface area contributed by atoms with Gasteiger partial charge >= 0.3 is 0 Å². The number of nitrogens with zero attached hydrogens (tertiary/aromatic N) is 2. The Morgan fingerprint density at radius 3 is 2.07 bits per heavy atom. The van der Waals surface area contributed by atoms with Gasteiger partial charge in [-0.25, -0.2) is 8.42 Å². The minimum atomic E-state index is -4.18. The van der Waals surface area contributed by atoms with Crippen LogP contribution in [0.2, 0.25) is 10.0 Å². The molecule has 0 unspecified atom stereocenters. The van der Waals surface area contributed by atoms with E-state index in [1.165, 1.54) is 24.1 Å². The molecule has 0 radical (unpaired) electrons. The molecule has 0 aromatic heterocycles. The van der Waals surface area contributed by atoms with Gasteiger partial charge in [-0.05, 0) is 75.7 Å². The second-order valence-electron chi connectivity index (χ2n) is 9.74. The molecule has 0 fully saturated rings. The number of methoxy groups -OCH3 is 1. The van der Waals surface area contributed by atoms with Gasteiger partial charge in [0.15, 0.2) is 0 Å². The third-order valence-corrected chi connectivity index (χ3v) is 9.30. The van der Waals surface area contributed by atoms with Gasteiger partial charge in [0.05, 0.1) is 17.7 Å². The number of anilines is 1. The molecule has 0 spiro atoms. The molecule has 0 aliphatic heterocycles. The molecule has 8 nitrogen and oxygen atoms in total. The first-order valence-electron chi connectivity index (χ1n) is 13.1. The summed E-state index contributed by atoms with van der Waals surface area (Å²) >= 11 is 12.8. The molecule has 3 rings (SSSR count). The molecule has 2 atom stereocenters. The Morgan fingerprint density at radius 2 is 1.54 bits per heavy atom. The molecular weight excluding hydrogens is 585 g/mol. The SMILES string of the molecule is CC[C@H](C)NC(=O)[C@@H](C)N(Cc1c(Cl)cccc1Cl)C(=O)CN(c1ccc(OC)cc1)S(=O)(=O)c1ccc(C)cc1. The van der Waals surface area contributed by atoms with Crippen LogP contribution in [0.5, 0.6) is 5.75 Å². The number of ether oxygens (including phenoxy) is 1. The number of nitrogens with one attached hydrogen (secondary N) is 1. The number of halogens is 2. The van der Waals surface area contributed by atoms with Crippen LogP contribution in [-0.4, -0.2) is 50.9 Å². The number of rotatable bonds is 12. The molecule has 0 aliphatic carbocycles. The largest absolute Gasteiger partial charge is 0.497 e. The van der Waals surface area contributed by atoms with E-state index in [4.69, 9.17) is 27.9 Å². The van der Waals surface area contributed by atoms with Crippen molar-refractivity contribution in [1.82, 2.24) is 10.2 Å². The predicted molar refractivity (Wildman–Crippen MR) is 163 cm³/mol. The van der Waals surface area contributed by atoms with E-state index >= 15 is 0 Å². The van der Waals surface area contributed by atoms with Crippen molar-refractivity contribution in [3.05, 3.63) is 87.9 Å². The minimum absolute atomic E-state index is 0.0231. The van der Waals surface area contributed by atoms with E-state index in [9.17, 15) is 18.0 Å². The number of sulfonamides is 1. The summed E-state index contributed by atoms with van der Waals surface area (Å²) in [5.74, 6) is -0.467. The maximum atomic E-state index is 14.0. The molecule has 0 heterocycles. The van der Waals surface area contributed by atoms with Crippen molar-refractivity contribution in [3.63, 3.8) is 0 Å². The van der Waals surface area contributed by atoms with Gasteiger partial charge in [-0.3, -0.25) is 13.9 Å². The van der Waals surface area contributed by atoms with Gasteiger partial charge in [-0.2, -0.15) is 0 Å². The first-order chi connectivity index (χ1) is 19.4. The van der Waals surface area contributed by atoms with Crippen molar-refractivity contribution < 1.29 is 22.7 Å². The lowest BCUT2D eigenvalue weighted by molar-refractivity contribution is -0.139. The molecular formula is C30H35Cl2N3O5S. The Balaban J connectivity index is 2.07. The molecule has 41 heavy (non-hydrogen) atoms. The van der Waals surface area contributed by atoms with Crippen molar-refractivity contribution in [2.45, 2.75) is 57.6 Å². The third-order valence-electron chi connectivity index (χ3n) is 6.81. The van der Waals surface area contributed by atoms with Crippen LogP contribution in [0.3, 0.4) is 0 Å². The third kappa shape index (κ3) is 7.93. The fourth-order valence-corrected chi connectivity index (χ4v) is 5.95. The lowest BCUT2D eigenvalue weighted by Crippen LogP contribution is -2.52. The number of aryl methyl sites for hydroxylation is 1. The molecule has 0 aliphatic rings. The Bertz CT molecular complexity index is 1440. The van der Waals surface area contributed by atoms with E-state index in [2.05, 4.69) is 5.32 Å². The summed E-state index contributed by atoms with van der Waals surface area (Å²) in [5, 5.41) is 3.54. The van der Waals surface area contributed by atoms with Gasteiger partial charge < -0.3 is 15.0 Å². The van der Waals surface area contributed by atoms with E-state index in [1.54, 1.807) is 61.5 Å². The smallest absolute Gasteiger partial charge is 0.264 e. The Hall–Kier alpha value is -3.27. The summed E-state index contributed by atoms with van der Waals surface area (Å²) < 4.78 is 34.1. The van der Waals surface area contributed by atoms with Crippen LogP contribution in [0.4, 0.5) is 5.69 Å². The fourth-order valence-electron chi connectivity index (χ4n) is 4.02. The Kier molecular flexibility index (Phi) is 11.1. The molecule has 2 amide bonds. The molecule has 220 valence electrons. The number of hydrogen-bond donors (Lipinski definition) is 1. The highest BCUT2D eigenvalue weighted by atomic mass is 35.5. The van der Waals surface area contributed by atoms with Crippen LogP contribution in [0.1, 0.15) is 38.3 Å². The van der Waals surface area contributed by atoms with Crippen molar-refractivity contribution in [1.29, 1.82) is 0 Å². The summed E-state index contributed by atoms with van der Waals surface area (Å²) in [6.45, 7) is 6.56. The number of hydrogen-bond acceptors (Lipinski definition) is 5. The zero-order chi connectivity index (χ0) is 30.3. The molecule has 0 saturated heterocycles. The summed E-state index contributed by atoms with van der Waals surface area (Å²) in [4.78, 5) is 28.5. The van der Waals surface area contributed by atoms with E-state index < -0.39 is 28.5 Å². The molecule has 0 bridgehead atoms. The van der Waals surface area contributed by atoms with Gasteiger partial charge in [-0.1, -0.05) is 53.9 Å².